The Hall–Kier alpha value is -1.25. The maximum Gasteiger partial charge on any atom is 0.193 e. The van der Waals surface area contributed by atoms with Gasteiger partial charge in [-0.25, -0.2) is 0 Å². The van der Waals surface area contributed by atoms with Crippen molar-refractivity contribution in [2.75, 3.05) is 6.54 Å². The SMILES string of the molecule is CCCNC(c1ccc(CC)c(CC)c1)c1ccc(Cl)o1. The average Bonchev–Trinajstić information content (AvgIpc) is 2.93. The van der Waals surface area contributed by atoms with Crippen LogP contribution in [0.3, 0.4) is 0 Å². The lowest BCUT2D eigenvalue weighted by molar-refractivity contribution is 0.447. The van der Waals surface area contributed by atoms with Crippen molar-refractivity contribution in [1.29, 1.82) is 0 Å². The van der Waals surface area contributed by atoms with Gasteiger partial charge in [0.05, 0.1) is 6.04 Å². The zero-order valence-corrected chi connectivity index (χ0v) is 13.8. The highest BCUT2D eigenvalue weighted by molar-refractivity contribution is 6.28. The van der Waals surface area contributed by atoms with Gasteiger partial charge < -0.3 is 9.73 Å². The van der Waals surface area contributed by atoms with Crippen LogP contribution in [0.2, 0.25) is 5.22 Å². The van der Waals surface area contributed by atoms with Crippen molar-refractivity contribution in [2.45, 2.75) is 46.1 Å². The van der Waals surface area contributed by atoms with Gasteiger partial charge in [0.1, 0.15) is 5.76 Å². The summed E-state index contributed by atoms with van der Waals surface area (Å²) in [5, 5.41) is 3.99. The van der Waals surface area contributed by atoms with Crippen LogP contribution in [0.4, 0.5) is 0 Å². The molecule has 0 saturated carbocycles. The summed E-state index contributed by atoms with van der Waals surface area (Å²) < 4.78 is 5.63. The second-order valence-corrected chi connectivity index (χ2v) is 5.64. The predicted octanol–water partition coefficient (Wildman–Crippen LogP) is 5.15. The molecule has 0 radical (unpaired) electrons. The second kappa shape index (κ2) is 7.67. The molecule has 0 aliphatic rings. The molecule has 2 nitrogen and oxygen atoms in total. The van der Waals surface area contributed by atoms with Crippen molar-refractivity contribution in [1.82, 2.24) is 5.32 Å². The van der Waals surface area contributed by atoms with Gasteiger partial charge in [-0.15, -0.1) is 0 Å². The third-order valence-electron chi connectivity index (χ3n) is 3.80. The van der Waals surface area contributed by atoms with E-state index in [1.165, 1.54) is 16.7 Å². The lowest BCUT2D eigenvalue weighted by atomic mass is 9.95. The molecule has 0 aliphatic heterocycles. The fourth-order valence-corrected chi connectivity index (χ4v) is 2.81. The van der Waals surface area contributed by atoms with E-state index in [2.05, 4.69) is 44.3 Å². The van der Waals surface area contributed by atoms with Gasteiger partial charge in [-0.2, -0.15) is 0 Å². The summed E-state index contributed by atoms with van der Waals surface area (Å²) in [5.74, 6) is 0.875. The molecule has 1 N–H and O–H groups in total. The number of rotatable bonds is 7. The second-order valence-electron chi connectivity index (χ2n) is 5.26. The third-order valence-corrected chi connectivity index (χ3v) is 4.01. The first kappa shape index (κ1) is 16.1. The van der Waals surface area contributed by atoms with Crippen LogP contribution >= 0.6 is 11.6 Å². The van der Waals surface area contributed by atoms with Crippen LogP contribution < -0.4 is 5.32 Å². The topological polar surface area (TPSA) is 25.2 Å². The molecule has 3 heteroatoms. The van der Waals surface area contributed by atoms with Gasteiger partial charge >= 0.3 is 0 Å². The molecule has 1 aromatic heterocycles. The lowest BCUT2D eigenvalue weighted by Crippen LogP contribution is -2.23. The summed E-state index contributed by atoms with van der Waals surface area (Å²) in [4.78, 5) is 0. The van der Waals surface area contributed by atoms with Crippen molar-refractivity contribution in [2.24, 2.45) is 0 Å². The maximum atomic E-state index is 5.94. The molecule has 0 fully saturated rings. The molecule has 0 spiro atoms. The van der Waals surface area contributed by atoms with E-state index in [0.29, 0.717) is 5.22 Å². The number of hydrogen-bond acceptors (Lipinski definition) is 2. The van der Waals surface area contributed by atoms with Crippen LogP contribution in [0.15, 0.2) is 34.7 Å². The summed E-state index contributed by atoms with van der Waals surface area (Å²) in [6, 6.07) is 10.5. The first-order chi connectivity index (χ1) is 10.2. The summed E-state index contributed by atoms with van der Waals surface area (Å²) in [6.45, 7) is 7.51. The molecule has 21 heavy (non-hydrogen) atoms. The highest BCUT2D eigenvalue weighted by atomic mass is 35.5. The summed E-state index contributed by atoms with van der Waals surface area (Å²) in [7, 11) is 0. The number of furan rings is 1. The normalized spacial score (nSPS) is 12.6. The number of halogens is 1. The molecular weight excluding hydrogens is 282 g/mol. The van der Waals surface area contributed by atoms with Gasteiger partial charge in [-0.3, -0.25) is 0 Å². The highest BCUT2D eigenvalue weighted by Crippen LogP contribution is 2.27. The molecule has 0 saturated heterocycles. The Bertz CT molecular complexity index is 576. The molecule has 2 aromatic rings. The quantitative estimate of drug-likeness (QED) is 0.765. The van der Waals surface area contributed by atoms with Crippen LogP contribution in [0.5, 0.6) is 0 Å². The molecule has 2 rings (SSSR count). The maximum absolute atomic E-state index is 5.94. The molecule has 0 bridgehead atoms. The largest absolute Gasteiger partial charge is 0.448 e. The number of hydrogen-bond donors (Lipinski definition) is 1. The van der Waals surface area contributed by atoms with E-state index in [1.54, 1.807) is 6.07 Å². The standard InChI is InChI=1S/C18H24ClNO/c1-4-11-20-18(16-9-10-17(19)21-16)15-8-7-13(5-2)14(6-3)12-15/h7-10,12,18,20H,4-6,11H2,1-3H3. The van der Waals surface area contributed by atoms with Gasteiger partial charge in [0.2, 0.25) is 0 Å². The number of benzene rings is 1. The summed E-state index contributed by atoms with van der Waals surface area (Å²) >= 11 is 5.94. The Morgan fingerprint density at radius 1 is 1.05 bits per heavy atom. The minimum Gasteiger partial charge on any atom is -0.448 e. The Balaban J connectivity index is 2.36. The minimum atomic E-state index is 0.0636. The van der Waals surface area contributed by atoms with Crippen molar-refractivity contribution in [3.05, 3.63) is 58.0 Å². The van der Waals surface area contributed by atoms with Crippen LogP contribution in [-0.4, -0.2) is 6.54 Å². The van der Waals surface area contributed by atoms with Gasteiger partial charge in [0.25, 0.3) is 0 Å². The van der Waals surface area contributed by atoms with Gasteiger partial charge in [0, 0.05) is 0 Å². The van der Waals surface area contributed by atoms with E-state index in [9.17, 15) is 0 Å². The van der Waals surface area contributed by atoms with E-state index in [-0.39, 0.29) is 6.04 Å². The van der Waals surface area contributed by atoms with Gasteiger partial charge in [-0.1, -0.05) is 39.0 Å². The van der Waals surface area contributed by atoms with Crippen LogP contribution in [-0.2, 0) is 12.8 Å². The Morgan fingerprint density at radius 3 is 2.38 bits per heavy atom. The fourth-order valence-electron chi connectivity index (χ4n) is 2.65. The molecule has 1 unspecified atom stereocenters. The van der Waals surface area contributed by atoms with Crippen molar-refractivity contribution in [3.8, 4) is 0 Å². The first-order valence-corrected chi connectivity index (χ1v) is 8.17. The predicted molar refractivity (Wildman–Crippen MR) is 89.1 cm³/mol. The molecule has 114 valence electrons. The Morgan fingerprint density at radius 2 is 1.81 bits per heavy atom. The van der Waals surface area contributed by atoms with Crippen LogP contribution in [0.1, 0.15) is 55.7 Å². The highest BCUT2D eigenvalue weighted by Gasteiger charge is 2.18. The van der Waals surface area contributed by atoms with Crippen molar-refractivity contribution in [3.63, 3.8) is 0 Å². The average molecular weight is 306 g/mol. The fraction of sp³-hybridized carbons (Fsp3) is 0.444. The van der Waals surface area contributed by atoms with Crippen LogP contribution in [0.25, 0.3) is 0 Å². The number of aryl methyl sites for hydroxylation is 2. The van der Waals surface area contributed by atoms with Gasteiger partial charge in [0.15, 0.2) is 5.22 Å². The van der Waals surface area contributed by atoms with E-state index in [0.717, 1.165) is 31.6 Å². The molecule has 1 atom stereocenters. The van der Waals surface area contributed by atoms with Crippen molar-refractivity contribution >= 4 is 11.6 Å². The van der Waals surface area contributed by atoms with E-state index < -0.39 is 0 Å². The third kappa shape index (κ3) is 3.90. The molecular formula is C18H24ClNO. The zero-order chi connectivity index (χ0) is 15.2. The molecule has 1 heterocycles. The van der Waals surface area contributed by atoms with Crippen LogP contribution in [0, 0.1) is 0 Å². The van der Waals surface area contributed by atoms with E-state index >= 15 is 0 Å². The summed E-state index contributed by atoms with van der Waals surface area (Å²) in [6.07, 6.45) is 3.21. The Labute approximate surface area is 132 Å². The van der Waals surface area contributed by atoms with E-state index in [4.69, 9.17) is 16.0 Å². The van der Waals surface area contributed by atoms with Gasteiger partial charge in [-0.05, 0) is 66.2 Å². The van der Waals surface area contributed by atoms with E-state index in [1.807, 2.05) is 6.07 Å². The lowest BCUT2D eigenvalue weighted by Gasteiger charge is -2.19. The zero-order valence-electron chi connectivity index (χ0n) is 13.1. The van der Waals surface area contributed by atoms with Crippen molar-refractivity contribution < 1.29 is 4.42 Å². The smallest absolute Gasteiger partial charge is 0.193 e. The Kier molecular flexibility index (Phi) is 5.89. The molecule has 1 aromatic carbocycles. The minimum absolute atomic E-state index is 0.0636. The first-order valence-electron chi connectivity index (χ1n) is 7.79. The number of nitrogens with one attached hydrogen (secondary N) is 1. The monoisotopic (exact) mass is 305 g/mol. The molecule has 0 aliphatic carbocycles. The molecule has 0 amide bonds. The summed E-state index contributed by atoms with van der Waals surface area (Å²) in [5.41, 5.74) is 4.08.